The molecular formula is C20H23N3OS. The van der Waals surface area contributed by atoms with E-state index >= 15 is 0 Å². The molecule has 0 atom stereocenters. The number of rotatable bonds is 6. The second-order valence-electron chi connectivity index (χ2n) is 6.22. The van der Waals surface area contributed by atoms with Gasteiger partial charge in [-0.1, -0.05) is 19.1 Å². The van der Waals surface area contributed by atoms with Crippen LogP contribution in [0.1, 0.15) is 24.5 Å². The average Bonchev–Trinajstić information content (AvgIpc) is 3.00. The average molecular weight is 353 g/mol. The first-order chi connectivity index (χ1) is 12.1. The van der Waals surface area contributed by atoms with Crippen molar-refractivity contribution in [3.05, 3.63) is 47.5 Å². The minimum absolute atomic E-state index is 0.831. The number of aromatic nitrogens is 1. The van der Waals surface area contributed by atoms with Crippen molar-refractivity contribution in [3.63, 3.8) is 0 Å². The van der Waals surface area contributed by atoms with E-state index in [0.29, 0.717) is 0 Å². The lowest BCUT2D eigenvalue weighted by molar-refractivity contribution is 0.497. The van der Waals surface area contributed by atoms with Gasteiger partial charge in [-0.2, -0.15) is 4.37 Å². The first kappa shape index (κ1) is 17.4. The van der Waals surface area contributed by atoms with Gasteiger partial charge in [0.05, 0.1) is 22.9 Å². The van der Waals surface area contributed by atoms with Crippen LogP contribution >= 0.6 is 11.5 Å². The number of aliphatic imine (C=N–C) groups is 1. The molecule has 0 amide bonds. The molecule has 0 aliphatic carbocycles. The highest BCUT2D eigenvalue weighted by Gasteiger charge is 2.11. The molecule has 0 spiro atoms. The lowest BCUT2D eigenvalue weighted by atomic mass is 10.1. The number of benzene rings is 2. The van der Waals surface area contributed by atoms with E-state index in [1.165, 1.54) is 11.5 Å². The van der Waals surface area contributed by atoms with Crippen LogP contribution in [0.4, 0.5) is 5.69 Å². The van der Waals surface area contributed by atoms with E-state index in [2.05, 4.69) is 40.2 Å². The maximum absolute atomic E-state index is 6.16. The molecule has 3 aromatic rings. The molecule has 0 bridgehead atoms. The summed E-state index contributed by atoms with van der Waals surface area (Å²) in [6, 6.07) is 12.2. The Labute approximate surface area is 152 Å². The molecule has 0 aliphatic rings. The van der Waals surface area contributed by atoms with Gasteiger partial charge in [0.25, 0.3) is 0 Å². The fraction of sp³-hybridized carbons (Fsp3) is 0.300. The van der Waals surface area contributed by atoms with Gasteiger partial charge in [-0.05, 0) is 55.7 Å². The Balaban J connectivity index is 1.85. The minimum Gasteiger partial charge on any atom is -0.444 e. The van der Waals surface area contributed by atoms with E-state index in [4.69, 9.17) is 4.74 Å². The van der Waals surface area contributed by atoms with Crippen LogP contribution in [-0.4, -0.2) is 29.2 Å². The van der Waals surface area contributed by atoms with Gasteiger partial charge in [0, 0.05) is 25.1 Å². The van der Waals surface area contributed by atoms with Crippen molar-refractivity contribution < 1.29 is 4.74 Å². The van der Waals surface area contributed by atoms with Crippen LogP contribution in [0.3, 0.4) is 0 Å². The SMILES string of the molecule is CCCN(C)C=Nc1cc(C)c(Oc2snc3ccccc23)cc1C. The highest BCUT2D eigenvalue weighted by Crippen LogP contribution is 2.37. The molecule has 0 aliphatic heterocycles. The summed E-state index contributed by atoms with van der Waals surface area (Å²) in [6.45, 7) is 7.27. The van der Waals surface area contributed by atoms with Gasteiger partial charge >= 0.3 is 0 Å². The predicted octanol–water partition coefficient (Wildman–Crippen LogP) is 5.71. The van der Waals surface area contributed by atoms with Crippen LogP contribution in [0.25, 0.3) is 10.9 Å². The quantitative estimate of drug-likeness (QED) is 0.421. The normalized spacial score (nSPS) is 11.4. The molecular weight excluding hydrogens is 330 g/mol. The van der Waals surface area contributed by atoms with Crippen LogP contribution in [-0.2, 0) is 0 Å². The summed E-state index contributed by atoms with van der Waals surface area (Å²) in [5.41, 5.74) is 4.10. The second-order valence-corrected chi connectivity index (χ2v) is 6.95. The number of aryl methyl sites for hydroxylation is 2. The van der Waals surface area contributed by atoms with Gasteiger partial charge in [-0.15, -0.1) is 0 Å². The molecule has 3 rings (SSSR count). The van der Waals surface area contributed by atoms with Crippen LogP contribution in [0.15, 0.2) is 41.4 Å². The largest absolute Gasteiger partial charge is 0.444 e. The third-order valence-electron chi connectivity index (χ3n) is 4.02. The second kappa shape index (κ2) is 7.66. The fourth-order valence-electron chi connectivity index (χ4n) is 2.63. The van der Waals surface area contributed by atoms with Crippen molar-refractivity contribution in [2.45, 2.75) is 27.2 Å². The summed E-state index contributed by atoms with van der Waals surface area (Å²) in [6.07, 6.45) is 3.00. The van der Waals surface area contributed by atoms with E-state index in [1.807, 2.05) is 44.6 Å². The van der Waals surface area contributed by atoms with Crippen molar-refractivity contribution in [1.29, 1.82) is 0 Å². The molecule has 0 saturated carbocycles. The lowest BCUT2D eigenvalue weighted by Gasteiger charge is -2.13. The standard InChI is InChI=1S/C20H23N3OS/c1-5-10-23(4)13-21-18-11-15(3)19(12-14(18)2)24-20-16-8-6-7-9-17(16)22-25-20/h6-9,11-13H,5,10H2,1-4H3. The minimum atomic E-state index is 0.831. The van der Waals surface area contributed by atoms with Gasteiger partial charge in [-0.25, -0.2) is 4.99 Å². The van der Waals surface area contributed by atoms with Crippen LogP contribution in [0.2, 0.25) is 0 Å². The van der Waals surface area contributed by atoms with Crippen molar-refractivity contribution in [2.24, 2.45) is 4.99 Å². The van der Waals surface area contributed by atoms with Gasteiger partial charge in [-0.3, -0.25) is 0 Å². The third-order valence-corrected chi connectivity index (χ3v) is 4.77. The summed E-state index contributed by atoms with van der Waals surface area (Å²) < 4.78 is 10.6. The molecule has 1 aromatic heterocycles. The summed E-state index contributed by atoms with van der Waals surface area (Å²) in [7, 11) is 2.04. The van der Waals surface area contributed by atoms with E-state index in [9.17, 15) is 0 Å². The number of hydrogen-bond acceptors (Lipinski definition) is 4. The zero-order valence-corrected chi connectivity index (χ0v) is 15.9. The van der Waals surface area contributed by atoms with Gasteiger partial charge in [0.2, 0.25) is 5.06 Å². The molecule has 4 nitrogen and oxygen atoms in total. The lowest BCUT2D eigenvalue weighted by Crippen LogP contribution is -2.16. The molecule has 25 heavy (non-hydrogen) atoms. The van der Waals surface area contributed by atoms with Gasteiger partial charge in [0.1, 0.15) is 5.75 Å². The molecule has 0 fully saturated rings. The van der Waals surface area contributed by atoms with Crippen molar-refractivity contribution in [2.75, 3.05) is 13.6 Å². The van der Waals surface area contributed by atoms with E-state index in [-0.39, 0.29) is 0 Å². The fourth-order valence-corrected chi connectivity index (χ4v) is 3.37. The Morgan fingerprint density at radius 3 is 2.80 bits per heavy atom. The van der Waals surface area contributed by atoms with Gasteiger partial charge < -0.3 is 9.64 Å². The van der Waals surface area contributed by atoms with E-state index in [1.54, 1.807) is 0 Å². The Morgan fingerprint density at radius 2 is 2.00 bits per heavy atom. The summed E-state index contributed by atoms with van der Waals surface area (Å²) in [5.74, 6) is 0.854. The number of nitrogens with zero attached hydrogens (tertiary/aromatic N) is 3. The zero-order valence-electron chi connectivity index (χ0n) is 15.1. The van der Waals surface area contributed by atoms with Crippen LogP contribution in [0.5, 0.6) is 10.8 Å². The molecule has 0 unspecified atom stereocenters. The zero-order chi connectivity index (χ0) is 17.8. The number of fused-ring (bicyclic) bond motifs is 1. The van der Waals surface area contributed by atoms with Crippen LogP contribution in [0, 0.1) is 13.8 Å². The third kappa shape index (κ3) is 3.99. The molecule has 2 aromatic carbocycles. The topological polar surface area (TPSA) is 37.7 Å². The smallest absolute Gasteiger partial charge is 0.207 e. The molecule has 0 N–H and O–H groups in total. The van der Waals surface area contributed by atoms with Crippen LogP contribution < -0.4 is 4.74 Å². The van der Waals surface area contributed by atoms with E-state index in [0.717, 1.165) is 51.5 Å². The maximum Gasteiger partial charge on any atom is 0.207 e. The van der Waals surface area contributed by atoms with Gasteiger partial charge in [0.15, 0.2) is 0 Å². The number of hydrogen-bond donors (Lipinski definition) is 0. The predicted molar refractivity (Wildman–Crippen MR) is 107 cm³/mol. The Bertz CT molecular complexity index is 901. The van der Waals surface area contributed by atoms with E-state index < -0.39 is 0 Å². The Kier molecular flexibility index (Phi) is 5.34. The highest BCUT2D eigenvalue weighted by molar-refractivity contribution is 7.09. The monoisotopic (exact) mass is 353 g/mol. The summed E-state index contributed by atoms with van der Waals surface area (Å²) in [4.78, 5) is 6.71. The van der Waals surface area contributed by atoms with Crippen molar-refractivity contribution in [3.8, 4) is 10.8 Å². The Morgan fingerprint density at radius 1 is 1.20 bits per heavy atom. The first-order valence-electron chi connectivity index (χ1n) is 8.46. The molecule has 130 valence electrons. The molecule has 1 heterocycles. The highest BCUT2D eigenvalue weighted by atomic mass is 32.1. The van der Waals surface area contributed by atoms with Crippen molar-refractivity contribution >= 4 is 34.5 Å². The summed E-state index contributed by atoms with van der Waals surface area (Å²) >= 11 is 1.39. The molecule has 0 saturated heterocycles. The van der Waals surface area contributed by atoms with Crippen molar-refractivity contribution in [1.82, 2.24) is 9.27 Å². The molecule has 0 radical (unpaired) electrons. The summed E-state index contributed by atoms with van der Waals surface area (Å²) in [5, 5.41) is 1.88. The molecule has 5 heteroatoms. The number of ether oxygens (including phenoxy) is 1. The maximum atomic E-state index is 6.16. The first-order valence-corrected chi connectivity index (χ1v) is 9.23. The Hall–Kier alpha value is -2.40.